The third-order valence-corrected chi connectivity index (χ3v) is 12.8. The summed E-state index contributed by atoms with van der Waals surface area (Å²) >= 11 is 0. The Kier molecular flexibility index (Phi) is 7.96. The number of hydrogen-bond acceptors (Lipinski definition) is 3. The zero-order valence-electron chi connectivity index (χ0n) is 33.9. The summed E-state index contributed by atoms with van der Waals surface area (Å²) in [6.45, 7) is 9.67. The van der Waals surface area contributed by atoms with Crippen LogP contribution in [0.4, 0.5) is 0 Å². The second-order valence-corrected chi connectivity index (χ2v) is 17.6. The van der Waals surface area contributed by atoms with Crippen molar-refractivity contribution < 1.29 is 0 Å². The molecule has 2 heterocycles. The van der Waals surface area contributed by atoms with E-state index in [2.05, 4.69) is 178 Å². The number of benzene rings is 8. The molecule has 11 rings (SSSR count). The van der Waals surface area contributed by atoms with Crippen LogP contribution in [0, 0.1) is 0 Å². The number of nitrogens with zero attached hydrogens (tertiary/aromatic N) is 4. The predicted molar refractivity (Wildman–Crippen MR) is 246 cm³/mol. The lowest BCUT2D eigenvalue weighted by molar-refractivity contribution is 0.332. The molecule has 0 N–H and O–H groups in total. The summed E-state index contributed by atoms with van der Waals surface area (Å²) in [5, 5.41) is 7.40. The smallest absolute Gasteiger partial charge is 0.164 e. The SMILES string of the molecule is CC1(C)CCC(C)(C)c2cc3c(cc21)c1cc2ccccc2cc1n3-c1ccc2ccc(-c3nc(-c4ccccc4)nc(-c4cccc(-c5ccccc5)c4)n3)cc2c1. The molecular weight excluding hydrogens is 717 g/mol. The van der Waals surface area contributed by atoms with E-state index in [1.54, 1.807) is 0 Å². The normalized spacial score (nSPS) is 14.6. The minimum atomic E-state index is 0.0915. The van der Waals surface area contributed by atoms with Crippen molar-refractivity contribution in [2.45, 2.75) is 51.4 Å². The van der Waals surface area contributed by atoms with Crippen LogP contribution in [0.25, 0.3) is 94.3 Å². The van der Waals surface area contributed by atoms with Crippen LogP contribution in [0.15, 0.2) is 170 Å². The summed E-state index contributed by atoms with van der Waals surface area (Å²) in [5.41, 5.74) is 11.9. The number of rotatable bonds is 5. The third-order valence-electron chi connectivity index (χ3n) is 12.8. The predicted octanol–water partition coefficient (Wildman–Crippen LogP) is 14.3. The number of aromatic nitrogens is 4. The van der Waals surface area contributed by atoms with Gasteiger partial charge in [-0.25, -0.2) is 15.0 Å². The molecule has 2 aromatic heterocycles. The Morgan fingerprint density at radius 1 is 0.373 bits per heavy atom. The first-order chi connectivity index (χ1) is 28.7. The molecule has 0 saturated carbocycles. The van der Waals surface area contributed by atoms with Crippen LogP contribution < -0.4 is 0 Å². The van der Waals surface area contributed by atoms with Gasteiger partial charge in [-0.05, 0) is 116 Å². The lowest BCUT2D eigenvalue weighted by atomic mass is 9.63. The molecule has 0 saturated heterocycles. The average Bonchev–Trinajstić information content (AvgIpc) is 3.59. The summed E-state index contributed by atoms with van der Waals surface area (Å²) in [4.78, 5) is 15.3. The Labute approximate surface area is 344 Å². The van der Waals surface area contributed by atoms with E-state index in [9.17, 15) is 0 Å². The maximum absolute atomic E-state index is 5.16. The monoisotopic (exact) mass is 760 g/mol. The molecule has 0 unspecified atom stereocenters. The summed E-state index contributed by atoms with van der Waals surface area (Å²) in [7, 11) is 0. The average molecular weight is 761 g/mol. The molecule has 0 aliphatic heterocycles. The van der Waals surface area contributed by atoms with Crippen LogP contribution in [0.2, 0.25) is 0 Å². The van der Waals surface area contributed by atoms with Gasteiger partial charge in [-0.3, -0.25) is 0 Å². The molecule has 0 atom stereocenters. The van der Waals surface area contributed by atoms with Gasteiger partial charge in [0.25, 0.3) is 0 Å². The molecule has 4 heteroatoms. The minimum Gasteiger partial charge on any atom is -0.309 e. The van der Waals surface area contributed by atoms with Gasteiger partial charge in [0.15, 0.2) is 17.5 Å². The molecule has 0 fully saturated rings. The van der Waals surface area contributed by atoms with Crippen LogP contribution in [-0.2, 0) is 10.8 Å². The zero-order valence-corrected chi connectivity index (χ0v) is 33.9. The van der Waals surface area contributed by atoms with E-state index in [0.29, 0.717) is 17.5 Å². The topological polar surface area (TPSA) is 43.6 Å². The second kappa shape index (κ2) is 13.3. The minimum absolute atomic E-state index is 0.0915. The fourth-order valence-corrected chi connectivity index (χ4v) is 9.37. The van der Waals surface area contributed by atoms with Crippen molar-refractivity contribution in [2.75, 3.05) is 0 Å². The van der Waals surface area contributed by atoms with Crippen molar-refractivity contribution in [1.82, 2.24) is 19.5 Å². The van der Waals surface area contributed by atoms with E-state index in [4.69, 9.17) is 15.0 Å². The third kappa shape index (κ3) is 6.01. The van der Waals surface area contributed by atoms with E-state index < -0.39 is 0 Å². The van der Waals surface area contributed by atoms with Gasteiger partial charge in [0.05, 0.1) is 11.0 Å². The van der Waals surface area contributed by atoms with Crippen LogP contribution in [0.3, 0.4) is 0 Å². The molecule has 8 aromatic carbocycles. The van der Waals surface area contributed by atoms with Crippen molar-refractivity contribution >= 4 is 43.4 Å². The van der Waals surface area contributed by atoms with Crippen LogP contribution >= 0.6 is 0 Å². The van der Waals surface area contributed by atoms with Gasteiger partial charge >= 0.3 is 0 Å². The maximum Gasteiger partial charge on any atom is 0.164 e. The first-order valence-corrected chi connectivity index (χ1v) is 20.7. The quantitative estimate of drug-likeness (QED) is 0.175. The highest BCUT2D eigenvalue weighted by molar-refractivity contribution is 6.14. The van der Waals surface area contributed by atoms with Crippen LogP contribution in [0.5, 0.6) is 0 Å². The van der Waals surface area contributed by atoms with Crippen LogP contribution in [-0.4, -0.2) is 19.5 Å². The Morgan fingerprint density at radius 2 is 0.898 bits per heavy atom. The highest BCUT2D eigenvalue weighted by atomic mass is 15.0. The van der Waals surface area contributed by atoms with Crippen LogP contribution in [0.1, 0.15) is 51.7 Å². The van der Waals surface area contributed by atoms with Gasteiger partial charge in [-0.15, -0.1) is 0 Å². The lowest BCUT2D eigenvalue weighted by Crippen LogP contribution is -2.33. The van der Waals surface area contributed by atoms with Gasteiger partial charge in [0.2, 0.25) is 0 Å². The van der Waals surface area contributed by atoms with E-state index in [1.165, 1.54) is 56.5 Å². The van der Waals surface area contributed by atoms with E-state index in [0.717, 1.165) is 44.3 Å². The Hall–Kier alpha value is -6.91. The highest BCUT2D eigenvalue weighted by Gasteiger charge is 2.38. The fourth-order valence-electron chi connectivity index (χ4n) is 9.37. The summed E-state index contributed by atoms with van der Waals surface area (Å²) < 4.78 is 2.50. The maximum atomic E-state index is 5.16. The first-order valence-electron chi connectivity index (χ1n) is 20.7. The Bertz CT molecular complexity index is 3270. The molecule has 4 nitrogen and oxygen atoms in total. The lowest BCUT2D eigenvalue weighted by Gasteiger charge is -2.42. The van der Waals surface area contributed by atoms with Crippen molar-refractivity contribution in [3.63, 3.8) is 0 Å². The Morgan fingerprint density at radius 3 is 1.61 bits per heavy atom. The molecule has 10 aromatic rings. The molecule has 1 aliphatic rings. The second-order valence-electron chi connectivity index (χ2n) is 17.6. The molecule has 284 valence electrons. The van der Waals surface area contributed by atoms with Gasteiger partial charge < -0.3 is 4.57 Å². The molecule has 59 heavy (non-hydrogen) atoms. The van der Waals surface area contributed by atoms with Gasteiger partial charge in [-0.2, -0.15) is 0 Å². The standard InChI is InChI=1S/C55H44N4/c1-54(2)26-27-55(3,4)48-34-50-46(33-47(48)54)45-31-39-18-11-12-19-40(39)32-49(45)59(50)44-25-24-36-22-23-42(29-43(36)30-44)53-57-51(37-16-9-6-10-17-37)56-52(58-53)41-21-13-20-38(28-41)35-14-7-5-8-15-35/h5-25,28-34H,26-27H2,1-4H3. The number of hydrogen-bond donors (Lipinski definition) is 0. The summed E-state index contributed by atoms with van der Waals surface area (Å²) in [5.74, 6) is 1.94. The molecule has 0 radical (unpaired) electrons. The van der Waals surface area contributed by atoms with Gasteiger partial charge in [0.1, 0.15) is 0 Å². The van der Waals surface area contributed by atoms with E-state index >= 15 is 0 Å². The molecular formula is C55H44N4. The summed E-state index contributed by atoms with van der Waals surface area (Å²) in [6.07, 6.45) is 2.35. The van der Waals surface area contributed by atoms with Crippen molar-refractivity contribution in [3.8, 4) is 51.0 Å². The van der Waals surface area contributed by atoms with Crippen molar-refractivity contribution in [3.05, 3.63) is 181 Å². The Balaban J connectivity index is 1.10. The summed E-state index contributed by atoms with van der Waals surface area (Å²) in [6, 6.07) is 61.1. The fraction of sp³-hybridized carbons (Fsp3) is 0.145. The first kappa shape index (κ1) is 35.3. The van der Waals surface area contributed by atoms with Crippen molar-refractivity contribution in [2.24, 2.45) is 0 Å². The van der Waals surface area contributed by atoms with E-state index in [1.807, 2.05) is 24.3 Å². The van der Waals surface area contributed by atoms with Crippen molar-refractivity contribution in [1.29, 1.82) is 0 Å². The van der Waals surface area contributed by atoms with E-state index in [-0.39, 0.29) is 10.8 Å². The molecule has 0 amide bonds. The van der Waals surface area contributed by atoms with Gasteiger partial charge in [-0.1, -0.05) is 149 Å². The molecule has 0 bridgehead atoms. The zero-order chi connectivity index (χ0) is 39.9. The number of fused-ring (bicyclic) bond motifs is 6. The highest BCUT2D eigenvalue weighted by Crippen LogP contribution is 2.49. The van der Waals surface area contributed by atoms with Gasteiger partial charge in [0, 0.05) is 33.2 Å². The largest absolute Gasteiger partial charge is 0.309 e. The molecule has 1 aliphatic carbocycles. The molecule has 0 spiro atoms.